The average Bonchev–Trinajstić information content (AvgIpc) is 2.17. The zero-order valence-electron chi connectivity index (χ0n) is 10.8. The largest absolute Gasteiger partial charge is 0.491 e. The van der Waals surface area contributed by atoms with Crippen molar-refractivity contribution in [2.24, 2.45) is 5.41 Å². The lowest BCUT2D eigenvalue weighted by atomic mass is 9.93. The Morgan fingerprint density at radius 1 is 1.32 bits per heavy atom. The summed E-state index contributed by atoms with van der Waals surface area (Å²) in [5, 5.41) is 0.211. The first-order valence-corrected chi connectivity index (χ1v) is 9.05. The number of rotatable bonds is 4. The predicted molar refractivity (Wildman–Crippen MR) is 81.8 cm³/mol. The van der Waals surface area contributed by atoms with Crippen molar-refractivity contribution in [2.45, 2.75) is 32.1 Å². The normalized spacial score (nSPS) is 12.5. The smallest absolute Gasteiger partial charge is 0.265 e. The van der Waals surface area contributed by atoms with E-state index in [9.17, 15) is 8.42 Å². The Labute approximate surface area is 131 Å². The van der Waals surface area contributed by atoms with Gasteiger partial charge in [-0.15, -0.1) is 0 Å². The molecule has 1 aromatic carbocycles. The van der Waals surface area contributed by atoms with Gasteiger partial charge in [-0.05, 0) is 24.0 Å². The van der Waals surface area contributed by atoms with Gasteiger partial charge in [-0.25, -0.2) is 8.42 Å². The minimum Gasteiger partial charge on any atom is -0.491 e. The Hall–Kier alpha value is 0.0300. The standard InChI is InChI=1S/C12H15BrCl2O3S/c1-12(2,3)4-5-18-11-9(14)6-8(13)7-10(11)19(15,16)17/h6-7H,4-5H2,1-3H3. The van der Waals surface area contributed by atoms with Gasteiger partial charge >= 0.3 is 0 Å². The molecule has 0 fully saturated rings. The topological polar surface area (TPSA) is 43.4 Å². The lowest BCUT2D eigenvalue weighted by Gasteiger charge is -2.19. The maximum absolute atomic E-state index is 11.5. The van der Waals surface area contributed by atoms with Crippen LogP contribution in [0.1, 0.15) is 27.2 Å². The second-order valence-corrected chi connectivity index (χ2v) is 9.17. The summed E-state index contributed by atoms with van der Waals surface area (Å²) in [6, 6.07) is 2.94. The molecule has 0 radical (unpaired) electrons. The van der Waals surface area contributed by atoms with Gasteiger partial charge in [0.25, 0.3) is 9.05 Å². The maximum Gasteiger partial charge on any atom is 0.265 e. The molecule has 0 saturated heterocycles. The summed E-state index contributed by atoms with van der Waals surface area (Å²) in [5.41, 5.74) is 0.0852. The van der Waals surface area contributed by atoms with Crippen LogP contribution in [0.15, 0.2) is 21.5 Å². The fourth-order valence-corrected chi connectivity index (χ4v) is 3.39. The zero-order chi connectivity index (χ0) is 14.8. The first-order valence-electron chi connectivity index (χ1n) is 5.57. The molecular formula is C12H15BrCl2O3S. The van der Waals surface area contributed by atoms with E-state index < -0.39 is 9.05 Å². The van der Waals surface area contributed by atoms with Crippen LogP contribution in [0, 0.1) is 5.41 Å². The molecule has 0 N–H and O–H groups in total. The first kappa shape index (κ1) is 17.1. The molecule has 1 rings (SSSR count). The second kappa shape index (κ2) is 6.20. The molecule has 108 valence electrons. The highest BCUT2D eigenvalue weighted by Gasteiger charge is 2.21. The van der Waals surface area contributed by atoms with Gasteiger partial charge in [0.2, 0.25) is 0 Å². The van der Waals surface area contributed by atoms with Crippen LogP contribution < -0.4 is 4.74 Å². The molecule has 0 unspecified atom stereocenters. The summed E-state index contributed by atoms with van der Waals surface area (Å²) in [7, 11) is 1.48. The molecule has 0 aliphatic rings. The van der Waals surface area contributed by atoms with Gasteiger partial charge in [-0.3, -0.25) is 0 Å². The monoisotopic (exact) mass is 388 g/mol. The van der Waals surface area contributed by atoms with Crippen molar-refractivity contribution in [1.29, 1.82) is 0 Å². The number of benzene rings is 1. The third kappa shape index (κ3) is 5.50. The second-order valence-electron chi connectivity index (χ2n) is 5.31. The first-order chi connectivity index (χ1) is 8.50. The van der Waals surface area contributed by atoms with E-state index in [1.807, 2.05) is 0 Å². The van der Waals surface area contributed by atoms with Crippen LogP contribution in [0.5, 0.6) is 5.75 Å². The number of ether oxygens (including phenoxy) is 1. The van der Waals surface area contributed by atoms with E-state index in [1.54, 1.807) is 6.07 Å². The van der Waals surface area contributed by atoms with Crippen LogP contribution in [0.3, 0.4) is 0 Å². The highest BCUT2D eigenvalue weighted by atomic mass is 79.9. The van der Waals surface area contributed by atoms with Crippen LogP contribution in [0.4, 0.5) is 0 Å². The zero-order valence-corrected chi connectivity index (χ0v) is 14.8. The Morgan fingerprint density at radius 2 is 1.89 bits per heavy atom. The molecule has 0 aliphatic carbocycles. The van der Waals surface area contributed by atoms with Crippen molar-refractivity contribution >= 4 is 47.3 Å². The van der Waals surface area contributed by atoms with Crippen LogP contribution in [-0.4, -0.2) is 15.0 Å². The molecule has 3 nitrogen and oxygen atoms in total. The summed E-state index contributed by atoms with van der Waals surface area (Å²) < 4.78 is 29.1. The summed E-state index contributed by atoms with van der Waals surface area (Å²) in [6.07, 6.45) is 0.765. The summed E-state index contributed by atoms with van der Waals surface area (Å²) in [4.78, 5) is -0.123. The Morgan fingerprint density at radius 3 is 2.37 bits per heavy atom. The van der Waals surface area contributed by atoms with Gasteiger partial charge in [0.15, 0.2) is 5.75 Å². The minimum absolute atomic E-state index is 0.0852. The maximum atomic E-state index is 11.5. The summed E-state index contributed by atoms with van der Waals surface area (Å²) in [5.74, 6) is 0.101. The van der Waals surface area contributed by atoms with Crippen LogP contribution >= 0.6 is 38.2 Å². The number of hydrogen-bond acceptors (Lipinski definition) is 3. The van der Waals surface area contributed by atoms with Crippen molar-refractivity contribution in [3.05, 3.63) is 21.6 Å². The Bertz CT molecular complexity index is 565. The molecule has 0 amide bonds. The molecule has 1 aromatic rings. The van der Waals surface area contributed by atoms with Crippen molar-refractivity contribution in [1.82, 2.24) is 0 Å². The van der Waals surface area contributed by atoms with E-state index in [1.165, 1.54) is 6.07 Å². The fraction of sp³-hybridized carbons (Fsp3) is 0.500. The molecule has 0 bridgehead atoms. The average molecular weight is 390 g/mol. The molecular weight excluding hydrogens is 375 g/mol. The van der Waals surface area contributed by atoms with E-state index in [4.69, 9.17) is 27.0 Å². The van der Waals surface area contributed by atoms with Crippen LogP contribution in [-0.2, 0) is 9.05 Å². The lowest BCUT2D eigenvalue weighted by molar-refractivity contribution is 0.239. The molecule has 0 aliphatic heterocycles. The number of halogens is 3. The minimum atomic E-state index is -3.91. The molecule has 0 heterocycles. The number of hydrogen-bond donors (Lipinski definition) is 0. The van der Waals surface area contributed by atoms with E-state index in [0.717, 1.165) is 6.42 Å². The van der Waals surface area contributed by atoms with Crippen molar-refractivity contribution < 1.29 is 13.2 Å². The van der Waals surface area contributed by atoms with Gasteiger partial charge in [0.05, 0.1) is 11.6 Å². The van der Waals surface area contributed by atoms with Crippen molar-refractivity contribution in [3.63, 3.8) is 0 Å². The van der Waals surface area contributed by atoms with E-state index in [2.05, 4.69) is 36.7 Å². The highest BCUT2D eigenvalue weighted by Crippen LogP contribution is 2.37. The molecule has 19 heavy (non-hydrogen) atoms. The molecule has 0 saturated carbocycles. The van der Waals surface area contributed by atoms with E-state index >= 15 is 0 Å². The molecule has 7 heteroatoms. The van der Waals surface area contributed by atoms with E-state index in [0.29, 0.717) is 11.1 Å². The van der Waals surface area contributed by atoms with Gasteiger partial charge in [0.1, 0.15) is 4.90 Å². The predicted octanol–water partition coefficient (Wildman–Crippen LogP) is 4.85. The Kier molecular flexibility index (Phi) is 5.58. The van der Waals surface area contributed by atoms with E-state index in [-0.39, 0.29) is 21.1 Å². The van der Waals surface area contributed by atoms with Gasteiger partial charge in [0, 0.05) is 15.2 Å². The van der Waals surface area contributed by atoms with Crippen molar-refractivity contribution in [3.8, 4) is 5.75 Å². The van der Waals surface area contributed by atoms with Crippen molar-refractivity contribution in [2.75, 3.05) is 6.61 Å². The fourth-order valence-electron chi connectivity index (χ4n) is 1.32. The Balaban J connectivity index is 3.06. The summed E-state index contributed by atoms with van der Waals surface area (Å²) >= 11 is 9.19. The molecule has 0 spiro atoms. The van der Waals surface area contributed by atoms with Crippen LogP contribution in [0.25, 0.3) is 0 Å². The highest BCUT2D eigenvalue weighted by molar-refractivity contribution is 9.10. The third-order valence-corrected chi connectivity index (χ3v) is 4.40. The summed E-state index contributed by atoms with van der Waals surface area (Å²) in [6.45, 7) is 6.57. The quantitative estimate of drug-likeness (QED) is 0.691. The lowest BCUT2D eigenvalue weighted by Crippen LogP contribution is -2.12. The van der Waals surface area contributed by atoms with Crippen LogP contribution in [0.2, 0.25) is 5.02 Å². The third-order valence-electron chi connectivity index (χ3n) is 2.34. The van der Waals surface area contributed by atoms with Gasteiger partial charge in [-0.2, -0.15) is 0 Å². The van der Waals surface area contributed by atoms with Gasteiger partial charge in [-0.1, -0.05) is 48.3 Å². The molecule has 0 aromatic heterocycles. The molecule has 0 atom stereocenters. The van der Waals surface area contributed by atoms with Gasteiger partial charge < -0.3 is 4.74 Å². The SMILES string of the molecule is CC(C)(C)CCOc1c(Cl)cc(Br)cc1S(=O)(=O)Cl.